The van der Waals surface area contributed by atoms with Gasteiger partial charge in [-0.1, -0.05) is 0 Å². The third-order valence-corrected chi connectivity index (χ3v) is 3.42. The second-order valence-electron chi connectivity index (χ2n) is 4.61. The molecule has 3 rings (SSSR count). The molecular weight excluding hydrogens is 289 g/mol. The summed E-state index contributed by atoms with van der Waals surface area (Å²) < 4.78 is 4.53. The maximum Gasteiger partial charge on any atom is 1.00 e. The zero-order valence-electron chi connectivity index (χ0n) is 12.2. The van der Waals surface area contributed by atoms with E-state index in [1.165, 1.54) is 12.1 Å². The number of hydrogen-bond donors (Lipinski definition) is 0. The monoisotopic (exact) mass is 299 g/mol. The van der Waals surface area contributed by atoms with Crippen LogP contribution in [0.25, 0.3) is 11.0 Å². The molecule has 1 fully saturated rings. The molecule has 1 aromatic carbocycles. The Labute approximate surface area is 141 Å². The predicted octanol–water partition coefficient (Wildman–Crippen LogP) is -1.35. The van der Waals surface area contributed by atoms with Crippen molar-refractivity contribution in [3.63, 3.8) is 0 Å². The van der Waals surface area contributed by atoms with Crippen molar-refractivity contribution in [2.45, 2.75) is 25.2 Å². The Morgan fingerprint density at radius 1 is 1.19 bits per heavy atom. The minimum absolute atomic E-state index is 0. The number of carbonyl (C=O) groups excluding carboxylic acids is 2. The molecule has 21 heavy (non-hydrogen) atoms. The summed E-state index contributed by atoms with van der Waals surface area (Å²) in [7, 11) is 0. The second-order valence-corrected chi connectivity index (χ2v) is 4.61. The molecule has 1 aromatic heterocycles. The number of nitro benzene ring substituents is 1. The van der Waals surface area contributed by atoms with E-state index < -0.39 is 10.8 Å². The van der Waals surface area contributed by atoms with Crippen LogP contribution in [0.1, 0.15) is 32.2 Å². The Hall–Kier alpha value is -1.64. The largest absolute Gasteiger partial charge is 1.00 e. The number of hydrogen-bond acceptors (Lipinski definition) is 7. The number of fused-ring (bicyclic) bond motifs is 1. The molecule has 2 aromatic rings. The van der Waals surface area contributed by atoms with Gasteiger partial charge in [-0.25, -0.2) is 4.63 Å². The third kappa shape index (κ3) is 2.61. The van der Waals surface area contributed by atoms with Gasteiger partial charge in [0, 0.05) is 24.5 Å². The Morgan fingerprint density at radius 2 is 1.81 bits per heavy atom. The van der Waals surface area contributed by atoms with Crippen LogP contribution < -0.4 is 29.6 Å². The molecule has 1 aliphatic carbocycles. The van der Waals surface area contributed by atoms with E-state index in [1.807, 2.05) is 0 Å². The molecule has 104 valence electrons. The molecule has 1 heterocycles. The molecule has 0 atom stereocenters. The first-order valence-electron chi connectivity index (χ1n) is 6.04. The smallest absolute Gasteiger partial charge is 1.00 e. The van der Waals surface area contributed by atoms with Gasteiger partial charge in [-0.3, -0.25) is 19.7 Å². The van der Waals surface area contributed by atoms with E-state index in [9.17, 15) is 19.7 Å². The molecular formula is C12H10N3NaO5. The Balaban J connectivity index is 0.00000121. The van der Waals surface area contributed by atoms with Crippen LogP contribution in [0.15, 0.2) is 16.8 Å². The standard InChI is InChI=1S/C12H9N3O5.Na.H/c16-8-2-1-3-9(17)10(8)6-4-5-7(15(18)19)12-11(6)13-20-14-12;;/h4-5,10H,1-3H2;;/q;+1;-1. The van der Waals surface area contributed by atoms with Gasteiger partial charge in [0.15, 0.2) is 0 Å². The van der Waals surface area contributed by atoms with E-state index in [2.05, 4.69) is 14.9 Å². The van der Waals surface area contributed by atoms with Gasteiger partial charge in [0.05, 0.1) is 4.92 Å². The number of rotatable bonds is 2. The first-order valence-corrected chi connectivity index (χ1v) is 6.04. The van der Waals surface area contributed by atoms with Gasteiger partial charge in [-0.2, -0.15) is 0 Å². The van der Waals surface area contributed by atoms with Gasteiger partial charge in [0.1, 0.15) is 23.0 Å². The minimum Gasteiger partial charge on any atom is -1.00 e. The number of aromatic nitrogens is 2. The number of ketones is 2. The van der Waals surface area contributed by atoms with Crippen LogP contribution >= 0.6 is 0 Å². The molecule has 0 saturated heterocycles. The van der Waals surface area contributed by atoms with E-state index in [0.29, 0.717) is 24.8 Å². The summed E-state index contributed by atoms with van der Waals surface area (Å²) in [5.74, 6) is -1.31. The van der Waals surface area contributed by atoms with Crippen molar-refractivity contribution in [2.75, 3.05) is 0 Å². The summed E-state index contributed by atoms with van der Waals surface area (Å²) in [4.78, 5) is 34.2. The molecule has 0 spiro atoms. The van der Waals surface area contributed by atoms with Crippen molar-refractivity contribution in [3.8, 4) is 0 Å². The van der Waals surface area contributed by atoms with Gasteiger partial charge < -0.3 is 1.43 Å². The average molecular weight is 299 g/mol. The van der Waals surface area contributed by atoms with Gasteiger partial charge in [0.25, 0.3) is 0 Å². The van der Waals surface area contributed by atoms with Gasteiger partial charge in [-0.05, 0) is 22.8 Å². The van der Waals surface area contributed by atoms with E-state index in [0.717, 1.165) is 0 Å². The number of benzene rings is 1. The summed E-state index contributed by atoms with van der Waals surface area (Å²) >= 11 is 0. The number of non-ortho nitro benzene ring substituents is 1. The minimum atomic E-state index is -0.918. The van der Waals surface area contributed by atoms with E-state index in [1.54, 1.807) is 0 Å². The normalized spacial score (nSPS) is 16.0. The summed E-state index contributed by atoms with van der Waals surface area (Å²) in [6.45, 7) is 0. The summed E-state index contributed by atoms with van der Waals surface area (Å²) in [5, 5.41) is 18.0. The van der Waals surface area contributed by atoms with E-state index >= 15 is 0 Å². The maximum absolute atomic E-state index is 12.0. The number of carbonyl (C=O) groups is 2. The van der Waals surface area contributed by atoms with Crippen molar-refractivity contribution in [1.29, 1.82) is 0 Å². The molecule has 0 bridgehead atoms. The van der Waals surface area contributed by atoms with Gasteiger partial charge in [0.2, 0.25) is 5.52 Å². The fourth-order valence-electron chi connectivity index (χ4n) is 2.50. The molecule has 0 N–H and O–H groups in total. The zero-order chi connectivity index (χ0) is 14.3. The van der Waals surface area contributed by atoms with Crippen molar-refractivity contribution in [1.82, 2.24) is 10.3 Å². The molecule has 1 aliphatic rings. The van der Waals surface area contributed by atoms with Crippen molar-refractivity contribution < 1.29 is 50.1 Å². The number of Topliss-reactive ketones (excluding diaryl/α,β-unsaturated/α-hetero) is 2. The van der Waals surface area contributed by atoms with Gasteiger partial charge in [-0.15, -0.1) is 0 Å². The third-order valence-electron chi connectivity index (χ3n) is 3.42. The van der Waals surface area contributed by atoms with Crippen LogP contribution in [0.3, 0.4) is 0 Å². The number of nitrogens with zero attached hydrogens (tertiary/aromatic N) is 3. The maximum atomic E-state index is 12.0. The van der Waals surface area contributed by atoms with Crippen LogP contribution in [0, 0.1) is 10.1 Å². The fourth-order valence-corrected chi connectivity index (χ4v) is 2.50. The Bertz CT molecular complexity index is 731. The zero-order valence-corrected chi connectivity index (χ0v) is 13.2. The molecule has 9 heteroatoms. The van der Waals surface area contributed by atoms with Crippen LogP contribution in [-0.4, -0.2) is 26.8 Å². The average Bonchev–Trinajstić information content (AvgIpc) is 2.87. The summed E-state index contributed by atoms with van der Waals surface area (Å²) in [5.41, 5.74) is 0.133. The quantitative estimate of drug-likeness (QED) is 0.291. The number of nitro groups is 1. The molecule has 1 saturated carbocycles. The fraction of sp³-hybridized carbons (Fsp3) is 0.333. The van der Waals surface area contributed by atoms with Crippen LogP contribution in [0.2, 0.25) is 0 Å². The second kappa shape index (κ2) is 6.00. The van der Waals surface area contributed by atoms with Crippen LogP contribution in [-0.2, 0) is 9.59 Å². The van der Waals surface area contributed by atoms with Crippen LogP contribution in [0.4, 0.5) is 5.69 Å². The molecule has 0 aliphatic heterocycles. The topological polar surface area (TPSA) is 116 Å². The molecule has 0 amide bonds. The van der Waals surface area contributed by atoms with Crippen molar-refractivity contribution in [3.05, 3.63) is 27.8 Å². The van der Waals surface area contributed by atoms with E-state index in [4.69, 9.17) is 0 Å². The Morgan fingerprint density at radius 3 is 2.43 bits per heavy atom. The first-order chi connectivity index (χ1) is 9.59. The Kier molecular flexibility index (Phi) is 4.50. The summed E-state index contributed by atoms with van der Waals surface area (Å²) in [6, 6.07) is 2.60. The van der Waals surface area contributed by atoms with Crippen molar-refractivity contribution >= 4 is 28.3 Å². The molecule has 0 unspecified atom stereocenters. The SMILES string of the molecule is O=C1CCCC(=O)C1c1ccc([N+](=O)[O-])c2nonc12.[H-].[Na+]. The molecule has 0 radical (unpaired) electrons. The van der Waals surface area contributed by atoms with E-state index in [-0.39, 0.29) is 59.3 Å². The van der Waals surface area contributed by atoms with Crippen LogP contribution in [0.5, 0.6) is 0 Å². The van der Waals surface area contributed by atoms with Crippen molar-refractivity contribution in [2.24, 2.45) is 0 Å². The summed E-state index contributed by atoms with van der Waals surface area (Å²) in [6.07, 6.45) is 1.18. The predicted molar refractivity (Wildman–Crippen MR) is 66.2 cm³/mol. The first kappa shape index (κ1) is 15.7. The molecule has 8 nitrogen and oxygen atoms in total. The van der Waals surface area contributed by atoms with Gasteiger partial charge >= 0.3 is 35.2 Å².